The molecular formula is C10H21N3O2. The average Bonchev–Trinajstić information content (AvgIpc) is 2.24. The van der Waals surface area contributed by atoms with Crippen LogP contribution in [0.3, 0.4) is 0 Å². The van der Waals surface area contributed by atoms with Crippen molar-refractivity contribution >= 4 is 11.7 Å². The number of nitrogens with two attached hydrogens (primary N) is 1. The third-order valence-corrected chi connectivity index (χ3v) is 2.07. The fourth-order valence-electron chi connectivity index (χ4n) is 1.17. The van der Waals surface area contributed by atoms with Gasteiger partial charge < -0.3 is 16.3 Å². The second kappa shape index (κ2) is 9.30. The van der Waals surface area contributed by atoms with Crippen LogP contribution in [-0.4, -0.2) is 23.5 Å². The number of oxime groups is 1. The van der Waals surface area contributed by atoms with E-state index in [2.05, 4.69) is 17.4 Å². The number of hydrogen-bond acceptors (Lipinski definition) is 3. The van der Waals surface area contributed by atoms with Gasteiger partial charge in [0.15, 0.2) is 0 Å². The fraction of sp³-hybridized carbons (Fsp3) is 0.800. The lowest BCUT2D eigenvalue weighted by Crippen LogP contribution is -2.25. The monoisotopic (exact) mass is 215 g/mol. The van der Waals surface area contributed by atoms with Gasteiger partial charge in [0, 0.05) is 19.4 Å². The molecule has 0 aromatic carbocycles. The molecule has 0 aromatic rings. The first-order valence-electron chi connectivity index (χ1n) is 5.43. The standard InChI is InChI=1S/C10H21N3O2/c1-2-3-4-7-10(14)12-8-5-6-9(11)13-15/h15H,2-8H2,1H3,(H2,11,13)(H,12,14). The summed E-state index contributed by atoms with van der Waals surface area (Å²) in [7, 11) is 0. The Morgan fingerprint density at radius 3 is 2.67 bits per heavy atom. The molecule has 0 aliphatic carbocycles. The molecule has 5 nitrogen and oxygen atoms in total. The predicted octanol–water partition coefficient (Wildman–Crippen LogP) is 1.21. The Balaban J connectivity index is 3.31. The van der Waals surface area contributed by atoms with Crippen LogP contribution in [0, 0.1) is 0 Å². The van der Waals surface area contributed by atoms with Crippen molar-refractivity contribution in [3.05, 3.63) is 0 Å². The van der Waals surface area contributed by atoms with Gasteiger partial charge in [0.2, 0.25) is 5.91 Å². The highest BCUT2D eigenvalue weighted by Gasteiger charge is 2.00. The van der Waals surface area contributed by atoms with E-state index < -0.39 is 0 Å². The fourth-order valence-corrected chi connectivity index (χ4v) is 1.17. The van der Waals surface area contributed by atoms with Gasteiger partial charge in [-0.1, -0.05) is 24.9 Å². The minimum atomic E-state index is 0.0861. The zero-order valence-electron chi connectivity index (χ0n) is 9.33. The number of nitrogens with one attached hydrogen (secondary N) is 1. The lowest BCUT2D eigenvalue weighted by Gasteiger charge is -2.04. The molecular weight excluding hydrogens is 194 g/mol. The lowest BCUT2D eigenvalue weighted by atomic mass is 10.2. The van der Waals surface area contributed by atoms with Gasteiger partial charge in [0.05, 0.1) is 0 Å². The van der Waals surface area contributed by atoms with Gasteiger partial charge in [-0.15, -0.1) is 0 Å². The third-order valence-electron chi connectivity index (χ3n) is 2.07. The van der Waals surface area contributed by atoms with Crippen molar-refractivity contribution in [2.75, 3.05) is 6.54 Å². The van der Waals surface area contributed by atoms with E-state index in [-0.39, 0.29) is 11.7 Å². The minimum Gasteiger partial charge on any atom is -0.409 e. The summed E-state index contributed by atoms with van der Waals surface area (Å²) in [4.78, 5) is 11.2. The van der Waals surface area contributed by atoms with Crippen molar-refractivity contribution < 1.29 is 10.0 Å². The summed E-state index contributed by atoms with van der Waals surface area (Å²) in [5.74, 6) is 0.290. The van der Waals surface area contributed by atoms with Gasteiger partial charge >= 0.3 is 0 Å². The number of carbonyl (C=O) groups excluding carboxylic acids is 1. The molecule has 0 rings (SSSR count). The zero-order chi connectivity index (χ0) is 11.5. The van der Waals surface area contributed by atoms with Crippen LogP contribution in [0.4, 0.5) is 0 Å². The summed E-state index contributed by atoms with van der Waals surface area (Å²) >= 11 is 0. The summed E-state index contributed by atoms with van der Waals surface area (Å²) in [6, 6.07) is 0. The SMILES string of the molecule is CCCCCC(=O)NCCCC(N)=NO. The second-order valence-electron chi connectivity index (χ2n) is 3.50. The molecule has 0 aliphatic rings. The van der Waals surface area contributed by atoms with Crippen LogP contribution in [0.1, 0.15) is 45.4 Å². The molecule has 4 N–H and O–H groups in total. The Hall–Kier alpha value is -1.26. The van der Waals surface area contributed by atoms with Gasteiger partial charge in [-0.05, 0) is 12.8 Å². The van der Waals surface area contributed by atoms with Crippen molar-refractivity contribution in [2.45, 2.75) is 45.4 Å². The number of amidine groups is 1. The van der Waals surface area contributed by atoms with E-state index in [1.165, 1.54) is 0 Å². The molecule has 0 saturated heterocycles. The molecule has 15 heavy (non-hydrogen) atoms. The number of amides is 1. The Morgan fingerprint density at radius 1 is 1.33 bits per heavy atom. The highest BCUT2D eigenvalue weighted by Crippen LogP contribution is 1.98. The van der Waals surface area contributed by atoms with Crippen LogP contribution >= 0.6 is 0 Å². The molecule has 0 heterocycles. The first-order valence-corrected chi connectivity index (χ1v) is 5.43. The summed E-state index contributed by atoms with van der Waals surface area (Å²) < 4.78 is 0. The molecule has 0 radical (unpaired) electrons. The van der Waals surface area contributed by atoms with Gasteiger partial charge in [0.25, 0.3) is 0 Å². The maximum Gasteiger partial charge on any atom is 0.219 e. The normalized spacial score (nSPS) is 11.4. The van der Waals surface area contributed by atoms with Crippen LogP contribution in [0.5, 0.6) is 0 Å². The molecule has 0 fully saturated rings. The van der Waals surface area contributed by atoms with E-state index in [1.807, 2.05) is 0 Å². The molecule has 1 amide bonds. The number of unbranched alkanes of at least 4 members (excludes halogenated alkanes) is 2. The minimum absolute atomic E-state index is 0.0861. The Kier molecular flexibility index (Phi) is 8.52. The van der Waals surface area contributed by atoms with Crippen LogP contribution < -0.4 is 11.1 Å². The maximum atomic E-state index is 11.2. The highest BCUT2D eigenvalue weighted by molar-refractivity contribution is 5.79. The summed E-state index contributed by atoms with van der Waals surface area (Å²) in [5.41, 5.74) is 5.28. The summed E-state index contributed by atoms with van der Waals surface area (Å²) in [6.45, 7) is 2.69. The molecule has 5 heteroatoms. The van der Waals surface area contributed by atoms with Crippen molar-refractivity contribution in [3.63, 3.8) is 0 Å². The smallest absolute Gasteiger partial charge is 0.219 e. The molecule has 0 bridgehead atoms. The summed E-state index contributed by atoms with van der Waals surface area (Å²) in [5, 5.41) is 13.9. The molecule has 0 saturated carbocycles. The second-order valence-corrected chi connectivity index (χ2v) is 3.50. The third kappa shape index (κ3) is 9.05. The van der Waals surface area contributed by atoms with E-state index in [0.717, 1.165) is 19.3 Å². The molecule has 0 spiro atoms. The Morgan fingerprint density at radius 2 is 2.07 bits per heavy atom. The summed E-state index contributed by atoms with van der Waals surface area (Å²) in [6.07, 6.45) is 4.97. The molecule has 0 unspecified atom stereocenters. The predicted molar refractivity (Wildman–Crippen MR) is 59.8 cm³/mol. The van der Waals surface area contributed by atoms with Crippen LogP contribution in [0.2, 0.25) is 0 Å². The topological polar surface area (TPSA) is 87.7 Å². The molecule has 0 atom stereocenters. The Labute approximate surface area is 90.7 Å². The van der Waals surface area contributed by atoms with E-state index in [1.54, 1.807) is 0 Å². The molecule has 88 valence electrons. The van der Waals surface area contributed by atoms with Gasteiger partial charge in [-0.2, -0.15) is 0 Å². The average molecular weight is 215 g/mol. The largest absolute Gasteiger partial charge is 0.409 e. The lowest BCUT2D eigenvalue weighted by molar-refractivity contribution is -0.121. The molecule has 0 aromatic heterocycles. The highest BCUT2D eigenvalue weighted by atomic mass is 16.4. The van der Waals surface area contributed by atoms with Crippen molar-refractivity contribution in [3.8, 4) is 0 Å². The number of carbonyl (C=O) groups is 1. The maximum absolute atomic E-state index is 11.2. The zero-order valence-corrected chi connectivity index (χ0v) is 9.33. The van der Waals surface area contributed by atoms with Crippen LogP contribution in [0.25, 0.3) is 0 Å². The first-order chi connectivity index (χ1) is 7.20. The Bertz CT molecular complexity index is 205. The van der Waals surface area contributed by atoms with Crippen molar-refractivity contribution in [2.24, 2.45) is 10.9 Å². The van der Waals surface area contributed by atoms with Gasteiger partial charge in [-0.25, -0.2) is 0 Å². The first kappa shape index (κ1) is 13.7. The van der Waals surface area contributed by atoms with E-state index in [0.29, 0.717) is 25.8 Å². The van der Waals surface area contributed by atoms with E-state index in [4.69, 9.17) is 10.9 Å². The quantitative estimate of drug-likeness (QED) is 0.187. The number of rotatable bonds is 8. The van der Waals surface area contributed by atoms with E-state index >= 15 is 0 Å². The van der Waals surface area contributed by atoms with Gasteiger partial charge in [-0.3, -0.25) is 4.79 Å². The van der Waals surface area contributed by atoms with Gasteiger partial charge in [0.1, 0.15) is 5.84 Å². The van der Waals surface area contributed by atoms with Crippen LogP contribution in [0.15, 0.2) is 5.16 Å². The van der Waals surface area contributed by atoms with Crippen molar-refractivity contribution in [1.82, 2.24) is 5.32 Å². The van der Waals surface area contributed by atoms with Crippen LogP contribution in [-0.2, 0) is 4.79 Å². The van der Waals surface area contributed by atoms with Crippen molar-refractivity contribution in [1.29, 1.82) is 0 Å². The van der Waals surface area contributed by atoms with E-state index in [9.17, 15) is 4.79 Å². The number of nitrogens with zero attached hydrogens (tertiary/aromatic N) is 1. The number of hydrogen-bond donors (Lipinski definition) is 3. The molecule has 0 aliphatic heterocycles.